The molecule has 1 heterocycles. The van der Waals surface area contributed by atoms with E-state index in [2.05, 4.69) is 10.1 Å². The van der Waals surface area contributed by atoms with Crippen molar-refractivity contribution in [3.8, 4) is 5.75 Å². The van der Waals surface area contributed by atoms with Crippen LogP contribution < -0.4 is 10.1 Å². The molecule has 1 aliphatic heterocycles. The van der Waals surface area contributed by atoms with Crippen molar-refractivity contribution in [2.75, 3.05) is 25.6 Å². The minimum absolute atomic E-state index is 0.106. The number of para-hydroxylation sites is 2. The van der Waals surface area contributed by atoms with Gasteiger partial charge in [0.05, 0.1) is 25.8 Å². The summed E-state index contributed by atoms with van der Waals surface area (Å²) in [5, 5.41) is 2.74. The van der Waals surface area contributed by atoms with Crippen molar-refractivity contribution in [3.05, 3.63) is 24.3 Å². The minimum Gasteiger partial charge on any atom is -0.491 e. The molecular weight excluding hydrogens is 274 g/mol. The Morgan fingerprint density at radius 3 is 2.90 bits per heavy atom. The van der Waals surface area contributed by atoms with Gasteiger partial charge in [0.2, 0.25) is 0 Å². The van der Waals surface area contributed by atoms with Crippen LogP contribution in [0.3, 0.4) is 0 Å². The number of benzene rings is 1. The first kappa shape index (κ1) is 15.3. The second-order valence-corrected chi connectivity index (χ2v) is 4.68. The zero-order valence-corrected chi connectivity index (χ0v) is 12.0. The molecule has 0 radical (unpaired) electrons. The first-order valence-electron chi connectivity index (χ1n) is 6.92. The average molecular weight is 293 g/mol. The molecular formula is C15H19NO5. The van der Waals surface area contributed by atoms with Gasteiger partial charge in [0.15, 0.2) is 0 Å². The molecule has 0 bridgehead atoms. The molecule has 1 unspecified atom stereocenters. The molecule has 6 nitrogen and oxygen atoms in total. The van der Waals surface area contributed by atoms with Gasteiger partial charge in [-0.2, -0.15) is 0 Å². The SMILES string of the molecule is COC(=O)CC1OCCCCOc2ccccc2NC1=O. The standard InChI is InChI=1S/C15H19NO5/c1-19-14(17)10-13-15(18)16-11-6-2-3-7-12(11)20-8-4-5-9-21-13/h2-3,6-7,13H,4-5,8-10H2,1H3,(H,16,18). The van der Waals surface area contributed by atoms with Crippen molar-refractivity contribution >= 4 is 17.6 Å². The van der Waals surface area contributed by atoms with E-state index < -0.39 is 12.1 Å². The van der Waals surface area contributed by atoms with E-state index in [1.807, 2.05) is 6.07 Å². The highest BCUT2D eigenvalue weighted by Crippen LogP contribution is 2.25. The smallest absolute Gasteiger partial charge is 0.308 e. The van der Waals surface area contributed by atoms with E-state index in [4.69, 9.17) is 9.47 Å². The monoisotopic (exact) mass is 293 g/mol. The third-order valence-electron chi connectivity index (χ3n) is 3.13. The van der Waals surface area contributed by atoms with Gasteiger partial charge in [0.1, 0.15) is 11.9 Å². The first-order valence-corrected chi connectivity index (χ1v) is 6.92. The van der Waals surface area contributed by atoms with E-state index in [9.17, 15) is 9.59 Å². The number of esters is 1. The highest BCUT2D eigenvalue weighted by atomic mass is 16.5. The van der Waals surface area contributed by atoms with Gasteiger partial charge in [-0.25, -0.2) is 0 Å². The summed E-state index contributed by atoms with van der Waals surface area (Å²) in [7, 11) is 1.29. The fourth-order valence-corrected chi connectivity index (χ4v) is 1.98. The highest BCUT2D eigenvalue weighted by Gasteiger charge is 2.24. The third kappa shape index (κ3) is 4.46. The fourth-order valence-electron chi connectivity index (χ4n) is 1.98. The van der Waals surface area contributed by atoms with Gasteiger partial charge < -0.3 is 19.5 Å². The predicted molar refractivity (Wildman–Crippen MR) is 76.2 cm³/mol. The van der Waals surface area contributed by atoms with Gasteiger partial charge in [-0.3, -0.25) is 9.59 Å². The van der Waals surface area contributed by atoms with Crippen LogP contribution in [0.15, 0.2) is 24.3 Å². The summed E-state index contributed by atoms with van der Waals surface area (Å²) in [6.07, 6.45) is 0.606. The number of fused-ring (bicyclic) bond motifs is 1. The van der Waals surface area contributed by atoms with E-state index >= 15 is 0 Å². The maximum atomic E-state index is 12.3. The molecule has 1 aromatic rings. The zero-order chi connectivity index (χ0) is 15.1. The average Bonchev–Trinajstić information content (AvgIpc) is 2.52. The number of hydrogen-bond acceptors (Lipinski definition) is 5. The number of methoxy groups -OCH3 is 1. The molecule has 1 N–H and O–H groups in total. The molecule has 2 rings (SSSR count). The van der Waals surface area contributed by atoms with E-state index in [1.54, 1.807) is 18.2 Å². The first-order chi connectivity index (χ1) is 10.2. The molecule has 0 fully saturated rings. The van der Waals surface area contributed by atoms with E-state index in [1.165, 1.54) is 7.11 Å². The topological polar surface area (TPSA) is 73.9 Å². The normalized spacial score (nSPS) is 19.5. The number of carbonyl (C=O) groups is 2. The van der Waals surface area contributed by atoms with Gasteiger partial charge in [0.25, 0.3) is 5.91 Å². The number of nitrogens with one attached hydrogen (secondary N) is 1. The van der Waals surface area contributed by atoms with Gasteiger partial charge in [-0.1, -0.05) is 12.1 Å². The van der Waals surface area contributed by atoms with Crippen LogP contribution in [-0.4, -0.2) is 38.3 Å². The third-order valence-corrected chi connectivity index (χ3v) is 3.13. The molecule has 0 saturated carbocycles. The number of rotatable bonds is 2. The Balaban J connectivity index is 2.16. The summed E-state index contributed by atoms with van der Waals surface area (Å²) in [6.45, 7) is 0.951. The van der Waals surface area contributed by atoms with Crippen molar-refractivity contribution in [1.82, 2.24) is 0 Å². The number of anilines is 1. The lowest BCUT2D eigenvalue weighted by molar-refractivity contribution is -0.147. The van der Waals surface area contributed by atoms with Crippen molar-refractivity contribution in [2.24, 2.45) is 0 Å². The molecule has 0 aromatic heterocycles. The summed E-state index contributed by atoms with van der Waals surface area (Å²) >= 11 is 0. The molecule has 6 heteroatoms. The van der Waals surface area contributed by atoms with Crippen LogP contribution >= 0.6 is 0 Å². The Morgan fingerprint density at radius 1 is 1.33 bits per heavy atom. The molecule has 1 aromatic carbocycles. The van der Waals surface area contributed by atoms with Gasteiger partial charge in [-0.05, 0) is 25.0 Å². The summed E-state index contributed by atoms with van der Waals surface area (Å²) in [5.74, 6) is -0.238. The van der Waals surface area contributed by atoms with E-state index in [0.29, 0.717) is 24.7 Å². The number of carbonyl (C=O) groups excluding carboxylic acids is 2. The molecule has 1 amide bonds. The van der Waals surface area contributed by atoms with Gasteiger partial charge >= 0.3 is 5.97 Å². The molecule has 1 atom stereocenters. The number of amides is 1. The molecule has 114 valence electrons. The van der Waals surface area contributed by atoms with Crippen LogP contribution in [0.1, 0.15) is 19.3 Å². The molecule has 0 spiro atoms. The summed E-state index contributed by atoms with van der Waals surface area (Å²) in [4.78, 5) is 23.6. The second-order valence-electron chi connectivity index (χ2n) is 4.68. The van der Waals surface area contributed by atoms with E-state index in [0.717, 1.165) is 12.8 Å². The Labute approximate surface area is 123 Å². The van der Waals surface area contributed by atoms with Crippen LogP contribution in [0.2, 0.25) is 0 Å². The molecule has 0 saturated heterocycles. The Morgan fingerprint density at radius 2 is 2.10 bits per heavy atom. The summed E-state index contributed by atoms with van der Waals surface area (Å²) in [5.41, 5.74) is 0.572. The largest absolute Gasteiger partial charge is 0.491 e. The van der Waals surface area contributed by atoms with Gasteiger partial charge in [0, 0.05) is 6.61 Å². The summed E-state index contributed by atoms with van der Waals surface area (Å²) < 4.78 is 15.7. The predicted octanol–water partition coefficient (Wildman–Crippen LogP) is 1.75. The van der Waals surface area contributed by atoms with Crippen LogP contribution in [-0.2, 0) is 19.1 Å². The minimum atomic E-state index is -0.858. The Bertz CT molecular complexity index is 503. The lowest BCUT2D eigenvalue weighted by Gasteiger charge is -2.16. The fraction of sp³-hybridized carbons (Fsp3) is 0.467. The molecule has 0 aliphatic carbocycles. The lowest BCUT2D eigenvalue weighted by Crippen LogP contribution is -2.33. The lowest BCUT2D eigenvalue weighted by atomic mass is 10.2. The van der Waals surface area contributed by atoms with Crippen molar-refractivity contribution in [3.63, 3.8) is 0 Å². The maximum absolute atomic E-state index is 12.3. The maximum Gasteiger partial charge on any atom is 0.308 e. The van der Waals surface area contributed by atoms with Crippen LogP contribution in [0.5, 0.6) is 5.75 Å². The van der Waals surface area contributed by atoms with Gasteiger partial charge in [-0.15, -0.1) is 0 Å². The quantitative estimate of drug-likeness (QED) is 0.841. The van der Waals surface area contributed by atoms with Crippen molar-refractivity contribution < 1.29 is 23.8 Å². The Hall–Kier alpha value is -2.08. The molecule has 1 aliphatic rings. The Kier molecular flexibility index (Phi) is 5.57. The second kappa shape index (κ2) is 7.64. The summed E-state index contributed by atoms with van der Waals surface area (Å²) in [6, 6.07) is 7.19. The van der Waals surface area contributed by atoms with Crippen molar-refractivity contribution in [2.45, 2.75) is 25.4 Å². The van der Waals surface area contributed by atoms with E-state index in [-0.39, 0.29) is 12.3 Å². The zero-order valence-electron chi connectivity index (χ0n) is 12.0. The van der Waals surface area contributed by atoms with Crippen LogP contribution in [0.4, 0.5) is 5.69 Å². The number of ether oxygens (including phenoxy) is 3. The van der Waals surface area contributed by atoms with Crippen LogP contribution in [0, 0.1) is 0 Å². The van der Waals surface area contributed by atoms with Crippen LogP contribution in [0.25, 0.3) is 0 Å². The number of hydrogen-bond donors (Lipinski definition) is 1. The molecule has 21 heavy (non-hydrogen) atoms. The highest BCUT2D eigenvalue weighted by molar-refractivity contribution is 5.97. The van der Waals surface area contributed by atoms with Crippen molar-refractivity contribution in [1.29, 1.82) is 0 Å².